The Balaban J connectivity index is 1.62. The Bertz CT molecular complexity index is 857. The van der Waals surface area contributed by atoms with E-state index in [4.69, 9.17) is 14.2 Å². The summed E-state index contributed by atoms with van der Waals surface area (Å²) in [6, 6.07) is 0. The van der Waals surface area contributed by atoms with Gasteiger partial charge in [0.1, 0.15) is 12.2 Å². The van der Waals surface area contributed by atoms with Crippen molar-refractivity contribution in [2.75, 3.05) is 7.11 Å². The van der Waals surface area contributed by atoms with E-state index in [1.54, 1.807) is 0 Å². The second kappa shape index (κ2) is 10.3. The SMILES string of the molecule is COC(=O)CC[C@@H](C)[C@@H]1CC[C@@H]2[C@@H]3[C@@H](C[C@@H](O)[C@@]21C)[C@@]1(C)CC[C@H](OC(C)=O)C[C@@H]1C[C@H]3OC(C)=O. The fraction of sp³-hybridized carbons (Fsp3) is 0.897. The Morgan fingerprint density at radius 2 is 1.67 bits per heavy atom. The second-order valence-corrected chi connectivity index (χ2v) is 12.8. The average molecular weight is 507 g/mol. The van der Waals surface area contributed by atoms with E-state index in [1.807, 2.05) is 0 Å². The summed E-state index contributed by atoms with van der Waals surface area (Å²) in [6.45, 7) is 9.78. The molecule has 7 nitrogen and oxygen atoms in total. The third-order valence-electron chi connectivity index (χ3n) is 11.2. The van der Waals surface area contributed by atoms with Gasteiger partial charge in [-0.2, -0.15) is 0 Å². The number of ether oxygens (including phenoxy) is 3. The lowest BCUT2D eigenvalue weighted by Gasteiger charge is -2.64. The van der Waals surface area contributed by atoms with Crippen molar-refractivity contribution in [1.29, 1.82) is 0 Å². The summed E-state index contributed by atoms with van der Waals surface area (Å²) in [5.74, 6) is 0.965. The molecule has 0 radical (unpaired) electrons. The fourth-order valence-corrected chi connectivity index (χ4v) is 9.42. The van der Waals surface area contributed by atoms with Crippen molar-refractivity contribution < 1.29 is 33.7 Å². The summed E-state index contributed by atoms with van der Waals surface area (Å²) in [5, 5.41) is 11.8. The van der Waals surface area contributed by atoms with E-state index < -0.39 is 6.10 Å². The molecule has 0 saturated heterocycles. The van der Waals surface area contributed by atoms with Crippen molar-refractivity contribution in [3.63, 3.8) is 0 Å². The van der Waals surface area contributed by atoms with E-state index in [9.17, 15) is 19.5 Å². The number of fused-ring (bicyclic) bond motifs is 5. The summed E-state index contributed by atoms with van der Waals surface area (Å²) in [6.07, 6.45) is 6.59. The average Bonchev–Trinajstić information content (AvgIpc) is 3.16. The van der Waals surface area contributed by atoms with Crippen molar-refractivity contribution in [1.82, 2.24) is 0 Å². The molecule has 0 aromatic rings. The van der Waals surface area contributed by atoms with Crippen LogP contribution in [0.15, 0.2) is 0 Å². The van der Waals surface area contributed by atoms with Crippen LogP contribution in [0.2, 0.25) is 0 Å². The van der Waals surface area contributed by atoms with Crippen molar-refractivity contribution in [2.24, 2.45) is 46.3 Å². The Morgan fingerprint density at radius 3 is 2.31 bits per heavy atom. The van der Waals surface area contributed by atoms with Gasteiger partial charge in [0.2, 0.25) is 0 Å². The largest absolute Gasteiger partial charge is 0.469 e. The lowest BCUT2D eigenvalue weighted by molar-refractivity contribution is -0.218. The van der Waals surface area contributed by atoms with E-state index in [0.717, 1.165) is 44.9 Å². The molecule has 204 valence electrons. The number of hydrogen-bond donors (Lipinski definition) is 1. The van der Waals surface area contributed by atoms with E-state index in [2.05, 4.69) is 20.8 Å². The molecule has 0 aromatic heterocycles. The highest BCUT2D eigenvalue weighted by Gasteiger charge is 2.66. The van der Waals surface area contributed by atoms with E-state index in [-0.39, 0.29) is 64.6 Å². The van der Waals surface area contributed by atoms with Gasteiger partial charge in [0.15, 0.2) is 0 Å². The Hall–Kier alpha value is -1.63. The number of esters is 3. The van der Waals surface area contributed by atoms with E-state index in [0.29, 0.717) is 24.7 Å². The smallest absolute Gasteiger partial charge is 0.305 e. The molecule has 4 saturated carbocycles. The first-order chi connectivity index (χ1) is 16.9. The zero-order chi connectivity index (χ0) is 26.4. The monoisotopic (exact) mass is 506 g/mol. The molecule has 4 aliphatic carbocycles. The molecule has 4 rings (SSSR count). The molecule has 0 unspecified atom stereocenters. The summed E-state index contributed by atoms with van der Waals surface area (Å²) >= 11 is 0. The van der Waals surface area contributed by atoms with Crippen molar-refractivity contribution in [3.05, 3.63) is 0 Å². The highest BCUT2D eigenvalue weighted by Crippen LogP contribution is 2.68. The third-order valence-corrected chi connectivity index (χ3v) is 11.2. The minimum atomic E-state index is -0.434. The number of carbonyl (C=O) groups excluding carboxylic acids is 3. The number of aliphatic hydroxyl groups excluding tert-OH is 1. The van der Waals surface area contributed by atoms with E-state index >= 15 is 0 Å². The van der Waals surface area contributed by atoms with Crippen LogP contribution in [-0.2, 0) is 28.6 Å². The topological polar surface area (TPSA) is 99.1 Å². The maximum Gasteiger partial charge on any atom is 0.305 e. The number of hydrogen-bond acceptors (Lipinski definition) is 7. The molecule has 0 aliphatic heterocycles. The maximum absolute atomic E-state index is 12.2. The quantitative estimate of drug-likeness (QED) is 0.412. The fourth-order valence-electron chi connectivity index (χ4n) is 9.42. The molecule has 36 heavy (non-hydrogen) atoms. The molecule has 0 spiro atoms. The highest BCUT2D eigenvalue weighted by atomic mass is 16.5. The Kier molecular flexibility index (Phi) is 7.81. The van der Waals surface area contributed by atoms with Crippen molar-refractivity contribution >= 4 is 17.9 Å². The first kappa shape index (κ1) is 27.4. The van der Waals surface area contributed by atoms with Gasteiger partial charge in [-0.1, -0.05) is 20.8 Å². The van der Waals surface area contributed by atoms with Crippen LogP contribution in [0.4, 0.5) is 0 Å². The van der Waals surface area contributed by atoms with Crippen molar-refractivity contribution in [2.45, 2.75) is 111 Å². The van der Waals surface area contributed by atoms with Crippen LogP contribution in [0.3, 0.4) is 0 Å². The predicted molar refractivity (Wildman–Crippen MR) is 134 cm³/mol. The van der Waals surface area contributed by atoms with Crippen LogP contribution in [-0.4, -0.2) is 48.4 Å². The molecular formula is C29H46O7. The van der Waals surface area contributed by atoms with Crippen LogP contribution in [0, 0.1) is 46.3 Å². The minimum absolute atomic E-state index is 0.0227. The molecule has 0 bridgehead atoms. The van der Waals surface area contributed by atoms with Gasteiger partial charge in [-0.05, 0) is 91.8 Å². The molecule has 11 atom stereocenters. The molecule has 0 aromatic carbocycles. The summed E-state index contributed by atoms with van der Waals surface area (Å²) in [7, 11) is 1.43. The van der Waals surface area contributed by atoms with Gasteiger partial charge in [0.25, 0.3) is 0 Å². The van der Waals surface area contributed by atoms with E-state index in [1.165, 1.54) is 21.0 Å². The van der Waals surface area contributed by atoms with Gasteiger partial charge >= 0.3 is 17.9 Å². The van der Waals surface area contributed by atoms with Crippen LogP contribution in [0.25, 0.3) is 0 Å². The number of rotatable bonds is 6. The van der Waals surface area contributed by atoms with Gasteiger partial charge in [0.05, 0.1) is 13.2 Å². The molecule has 4 aliphatic rings. The predicted octanol–water partition coefficient (Wildman–Crippen LogP) is 4.68. The van der Waals surface area contributed by atoms with Crippen LogP contribution in [0.5, 0.6) is 0 Å². The number of aliphatic hydroxyl groups is 1. The van der Waals surface area contributed by atoms with Crippen molar-refractivity contribution in [3.8, 4) is 0 Å². The number of methoxy groups -OCH3 is 1. The van der Waals surface area contributed by atoms with Crippen LogP contribution < -0.4 is 0 Å². The van der Waals surface area contributed by atoms with Gasteiger partial charge in [-0.3, -0.25) is 14.4 Å². The molecule has 1 N–H and O–H groups in total. The van der Waals surface area contributed by atoms with Gasteiger partial charge in [0, 0.05) is 26.2 Å². The molecular weight excluding hydrogens is 460 g/mol. The zero-order valence-corrected chi connectivity index (χ0v) is 23.0. The molecule has 0 heterocycles. The summed E-state index contributed by atoms with van der Waals surface area (Å²) < 4.78 is 16.5. The Labute approximate surface area is 216 Å². The zero-order valence-electron chi connectivity index (χ0n) is 23.0. The van der Waals surface area contributed by atoms with Crippen LogP contribution in [0.1, 0.15) is 92.4 Å². The van der Waals surface area contributed by atoms with Gasteiger partial charge in [-0.15, -0.1) is 0 Å². The minimum Gasteiger partial charge on any atom is -0.469 e. The van der Waals surface area contributed by atoms with Gasteiger partial charge < -0.3 is 19.3 Å². The molecule has 7 heteroatoms. The second-order valence-electron chi connectivity index (χ2n) is 12.8. The first-order valence-corrected chi connectivity index (χ1v) is 14.0. The normalized spacial score (nSPS) is 44.4. The molecule has 0 amide bonds. The first-order valence-electron chi connectivity index (χ1n) is 14.0. The highest BCUT2D eigenvalue weighted by molar-refractivity contribution is 5.69. The summed E-state index contributed by atoms with van der Waals surface area (Å²) in [4.78, 5) is 35.7. The van der Waals surface area contributed by atoms with Crippen LogP contribution >= 0.6 is 0 Å². The summed E-state index contributed by atoms with van der Waals surface area (Å²) in [5.41, 5.74) is -0.248. The van der Waals surface area contributed by atoms with Gasteiger partial charge in [-0.25, -0.2) is 0 Å². The molecule has 4 fully saturated rings. The third kappa shape index (κ3) is 4.69. The number of carbonyl (C=O) groups is 3. The standard InChI is InChI=1S/C29H46O7/c1-16(7-10-26(33)34-6)21-8-9-22-27-23(15-25(32)29(21,22)5)28(4)12-11-20(35-17(2)30)13-19(28)14-24(27)36-18(3)31/h16,19-25,27,32H,7-15H2,1-6H3/t16-,19-,20+,21+,22-,23-,24-,25-,27-,28+,29-/m1/s1. The maximum atomic E-state index is 12.2. The Morgan fingerprint density at radius 1 is 0.972 bits per heavy atom. The lowest BCUT2D eigenvalue weighted by Crippen LogP contribution is -2.63. The lowest BCUT2D eigenvalue weighted by atomic mass is 9.43.